The molecule has 2 aliphatic rings. The van der Waals surface area contributed by atoms with Crippen molar-refractivity contribution in [2.75, 3.05) is 38.2 Å². The van der Waals surface area contributed by atoms with Crippen LogP contribution < -0.4 is 15.2 Å². The number of tetrazole rings is 1. The van der Waals surface area contributed by atoms with E-state index in [0.717, 1.165) is 36.8 Å². The van der Waals surface area contributed by atoms with Gasteiger partial charge in [0, 0.05) is 55.6 Å². The average Bonchev–Trinajstić information content (AvgIpc) is 3.66. The highest BCUT2D eigenvalue weighted by molar-refractivity contribution is 5.80. The van der Waals surface area contributed by atoms with E-state index in [1.807, 2.05) is 28.9 Å². The Kier molecular flexibility index (Phi) is 6.69. The SMILES string of the molecule is COc1ccc2cc(C(c3nnnn3C3CCCC3)N3CCN(c4ccc([N+](=O)[O-])cc4)CC3)c(=O)[nH]c2c1. The van der Waals surface area contributed by atoms with Crippen LogP contribution in [0.1, 0.15) is 49.2 Å². The minimum atomic E-state index is -0.421. The van der Waals surface area contributed by atoms with Crippen molar-refractivity contribution in [1.29, 1.82) is 0 Å². The van der Waals surface area contributed by atoms with Crippen LogP contribution in [-0.2, 0) is 0 Å². The second-order valence-electron chi connectivity index (χ2n) is 10.1. The first-order valence-electron chi connectivity index (χ1n) is 13.2. The molecule has 12 nitrogen and oxygen atoms in total. The summed E-state index contributed by atoms with van der Waals surface area (Å²) >= 11 is 0. The Balaban J connectivity index is 1.35. The van der Waals surface area contributed by atoms with Crippen molar-refractivity contribution in [2.24, 2.45) is 0 Å². The lowest BCUT2D eigenvalue weighted by Crippen LogP contribution is -2.49. The van der Waals surface area contributed by atoms with Crippen LogP contribution in [-0.4, -0.2) is 68.3 Å². The number of piperazine rings is 1. The zero-order chi connectivity index (χ0) is 26.9. The Morgan fingerprint density at radius 2 is 1.79 bits per heavy atom. The monoisotopic (exact) mass is 530 g/mol. The van der Waals surface area contributed by atoms with Crippen LogP contribution in [0.3, 0.4) is 0 Å². The first-order valence-corrected chi connectivity index (χ1v) is 13.2. The normalized spacial score (nSPS) is 17.5. The highest BCUT2D eigenvalue weighted by Gasteiger charge is 2.34. The van der Waals surface area contributed by atoms with Crippen molar-refractivity contribution in [3.05, 3.63) is 80.4 Å². The van der Waals surface area contributed by atoms with Crippen LogP contribution >= 0.6 is 0 Å². The number of H-pyrrole nitrogens is 1. The number of hydrogen-bond donors (Lipinski definition) is 1. The van der Waals surface area contributed by atoms with Crippen molar-refractivity contribution in [1.82, 2.24) is 30.1 Å². The maximum atomic E-state index is 13.6. The number of aromatic amines is 1. The number of fused-ring (bicyclic) bond motifs is 1. The van der Waals surface area contributed by atoms with Gasteiger partial charge in [-0.05, 0) is 59.0 Å². The van der Waals surface area contributed by atoms with E-state index in [1.54, 1.807) is 19.2 Å². The summed E-state index contributed by atoms with van der Waals surface area (Å²) < 4.78 is 7.26. The van der Waals surface area contributed by atoms with Gasteiger partial charge in [0.1, 0.15) is 11.8 Å². The summed E-state index contributed by atoms with van der Waals surface area (Å²) in [6.45, 7) is 2.72. The highest BCUT2D eigenvalue weighted by Crippen LogP contribution is 2.35. The molecule has 1 aliphatic carbocycles. The second-order valence-corrected chi connectivity index (χ2v) is 10.1. The summed E-state index contributed by atoms with van der Waals surface area (Å²) in [6, 6.07) is 14.0. The van der Waals surface area contributed by atoms with Gasteiger partial charge in [-0.15, -0.1) is 5.10 Å². The fourth-order valence-electron chi connectivity index (χ4n) is 5.84. The molecule has 2 fully saturated rings. The van der Waals surface area contributed by atoms with Crippen molar-refractivity contribution >= 4 is 22.3 Å². The molecule has 12 heteroatoms. The summed E-state index contributed by atoms with van der Waals surface area (Å²) in [7, 11) is 1.60. The van der Waals surface area contributed by atoms with Gasteiger partial charge in [-0.1, -0.05) is 12.8 Å². The summed E-state index contributed by atoms with van der Waals surface area (Å²) in [5, 5.41) is 24.9. The van der Waals surface area contributed by atoms with Gasteiger partial charge in [-0.2, -0.15) is 0 Å². The molecule has 2 aromatic carbocycles. The van der Waals surface area contributed by atoms with E-state index >= 15 is 0 Å². The molecule has 0 bridgehead atoms. The molecule has 1 saturated heterocycles. The fraction of sp³-hybridized carbons (Fsp3) is 0.407. The third-order valence-electron chi connectivity index (χ3n) is 7.91. The number of nitro benzene ring substituents is 1. The van der Waals surface area contributed by atoms with Crippen LogP contribution in [0.2, 0.25) is 0 Å². The van der Waals surface area contributed by atoms with Gasteiger partial charge in [-0.25, -0.2) is 4.68 Å². The summed E-state index contributed by atoms with van der Waals surface area (Å²) in [4.78, 5) is 31.7. The fourth-order valence-corrected chi connectivity index (χ4v) is 5.84. The predicted molar refractivity (Wildman–Crippen MR) is 145 cm³/mol. The predicted octanol–water partition coefficient (Wildman–Crippen LogP) is 3.46. The standard InChI is InChI=1S/C27H30N8O4/c1-39-22-11-6-18-16-23(27(36)28-24(18)17-22)25(26-29-30-31-34(26)20-4-2-3-5-20)33-14-12-32(13-15-33)19-7-9-21(10-8-19)35(37)38/h6-11,16-17,20,25H,2-5,12-15H2,1H3,(H,28,36). The molecule has 3 heterocycles. The minimum Gasteiger partial charge on any atom is -0.497 e. The molecule has 0 amide bonds. The van der Waals surface area contributed by atoms with Gasteiger partial charge in [0.25, 0.3) is 11.2 Å². The zero-order valence-electron chi connectivity index (χ0n) is 21.7. The number of nitrogens with zero attached hydrogens (tertiary/aromatic N) is 7. The van der Waals surface area contributed by atoms with Crippen LogP contribution in [0.15, 0.2) is 53.3 Å². The molecule has 0 radical (unpaired) electrons. The summed E-state index contributed by atoms with van der Waals surface area (Å²) in [5.74, 6) is 1.36. The minimum absolute atomic E-state index is 0.0735. The number of non-ortho nitro benzene ring substituents is 1. The van der Waals surface area contributed by atoms with Crippen molar-refractivity contribution in [2.45, 2.75) is 37.8 Å². The number of pyridine rings is 1. The summed E-state index contributed by atoms with van der Waals surface area (Å²) in [6.07, 6.45) is 4.32. The van der Waals surface area contributed by atoms with Crippen molar-refractivity contribution in [3.8, 4) is 5.75 Å². The van der Waals surface area contributed by atoms with Crippen molar-refractivity contribution in [3.63, 3.8) is 0 Å². The van der Waals surface area contributed by atoms with Gasteiger partial charge >= 0.3 is 0 Å². The number of methoxy groups -OCH3 is 1. The molecule has 4 aromatic rings. The third-order valence-corrected chi connectivity index (χ3v) is 7.91. The molecule has 1 saturated carbocycles. The number of nitro groups is 1. The van der Waals surface area contributed by atoms with E-state index in [2.05, 4.69) is 30.3 Å². The van der Waals surface area contributed by atoms with Gasteiger partial charge in [0.05, 0.1) is 23.6 Å². The molecule has 202 valence electrons. The molecule has 39 heavy (non-hydrogen) atoms. The maximum Gasteiger partial charge on any atom is 0.269 e. The highest BCUT2D eigenvalue weighted by atomic mass is 16.6. The van der Waals surface area contributed by atoms with E-state index in [4.69, 9.17) is 4.74 Å². The Labute approximate surface area is 224 Å². The van der Waals surface area contributed by atoms with Crippen LogP contribution in [0.5, 0.6) is 5.75 Å². The lowest BCUT2D eigenvalue weighted by Gasteiger charge is -2.39. The number of rotatable bonds is 7. The number of anilines is 1. The van der Waals surface area contributed by atoms with E-state index in [0.29, 0.717) is 48.8 Å². The molecule has 1 N–H and O–H groups in total. The van der Waals surface area contributed by atoms with Gasteiger partial charge in [0.15, 0.2) is 5.82 Å². The zero-order valence-corrected chi connectivity index (χ0v) is 21.7. The van der Waals surface area contributed by atoms with E-state index in [1.165, 1.54) is 12.1 Å². The number of ether oxygens (including phenoxy) is 1. The van der Waals surface area contributed by atoms with Crippen LogP contribution in [0.4, 0.5) is 11.4 Å². The topological polar surface area (TPSA) is 135 Å². The molecule has 2 aromatic heterocycles. The molecular formula is C27H30N8O4. The number of benzene rings is 2. The largest absolute Gasteiger partial charge is 0.497 e. The van der Waals surface area contributed by atoms with Crippen molar-refractivity contribution < 1.29 is 9.66 Å². The number of aromatic nitrogens is 5. The molecule has 1 aliphatic heterocycles. The van der Waals surface area contributed by atoms with E-state index in [-0.39, 0.29) is 17.3 Å². The van der Waals surface area contributed by atoms with Gasteiger partial charge in [0.2, 0.25) is 0 Å². The Morgan fingerprint density at radius 1 is 1.05 bits per heavy atom. The average molecular weight is 531 g/mol. The lowest BCUT2D eigenvalue weighted by atomic mass is 10.0. The van der Waals surface area contributed by atoms with Gasteiger partial charge in [-0.3, -0.25) is 19.8 Å². The molecular weight excluding hydrogens is 500 g/mol. The van der Waals surface area contributed by atoms with E-state index < -0.39 is 11.0 Å². The molecule has 0 spiro atoms. The quantitative estimate of drug-likeness (QED) is 0.281. The maximum absolute atomic E-state index is 13.6. The van der Waals surface area contributed by atoms with E-state index in [9.17, 15) is 14.9 Å². The molecule has 6 rings (SSSR count). The Morgan fingerprint density at radius 3 is 2.49 bits per heavy atom. The smallest absolute Gasteiger partial charge is 0.269 e. The molecule has 1 unspecified atom stereocenters. The number of nitrogens with one attached hydrogen (secondary N) is 1. The summed E-state index contributed by atoms with van der Waals surface area (Å²) in [5.41, 5.74) is 2.14. The number of hydrogen-bond acceptors (Lipinski definition) is 9. The van der Waals surface area contributed by atoms with Crippen LogP contribution in [0, 0.1) is 10.1 Å². The second kappa shape index (κ2) is 10.4. The van der Waals surface area contributed by atoms with Crippen LogP contribution in [0.25, 0.3) is 10.9 Å². The Hall–Kier alpha value is -4.32. The Bertz CT molecular complexity index is 1540. The first kappa shape index (κ1) is 25.0. The first-order chi connectivity index (χ1) is 19.0. The molecule has 1 atom stereocenters. The lowest BCUT2D eigenvalue weighted by molar-refractivity contribution is -0.384. The third kappa shape index (κ3) is 4.83. The van der Waals surface area contributed by atoms with Gasteiger partial charge < -0.3 is 14.6 Å².